The number of fused-ring (bicyclic) bond motifs is 1. The van der Waals surface area contributed by atoms with Crippen LogP contribution in [0.4, 0.5) is 10.1 Å². The van der Waals surface area contributed by atoms with Gasteiger partial charge in [0.1, 0.15) is 11.0 Å². The number of nitrogens with zero attached hydrogens (tertiary/aromatic N) is 6. The Morgan fingerprint density at radius 3 is 2.56 bits per heavy atom. The van der Waals surface area contributed by atoms with Gasteiger partial charge < -0.3 is 18.9 Å². The highest BCUT2D eigenvalue weighted by atomic mass is 35.5. The van der Waals surface area contributed by atoms with E-state index in [4.69, 9.17) is 16.1 Å². The highest BCUT2D eigenvalue weighted by Gasteiger charge is 2.22. The summed E-state index contributed by atoms with van der Waals surface area (Å²) in [5.41, 5.74) is 2.86. The lowest BCUT2D eigenvalue weighted by molar-refractivity contribution is 0.312. The predicted octanol–water partition coefficient (Wildman–Crippen LogP) is 4.63. The van der Waals surface area contributed by atoms with Crippen molar-refractivity contribution in [1.29, 1.82) is 0 Å². The van der Waals surface area contributed by atoms with Crippen LogP contribution in [0.2, 0.25) is 5.15 Å². The van der Waals surface area contributed by atoms with E-state index in [0.29, 0.717) is 48.3 Å². The zero-order valence-electron chi connectivity index (χ0n) is 21.3. The minimum Gasteiger partial charge on any atom is -0.367 e. The summed E-state index contributed by atoms with van der Waals surface area (Å²) in [4.78, 5) is 26.6. The summed E-state index contributed by atoms with van der Waals surface area (Å²) < 4.78 is 22.9. The number of rotatable bonds is 6. The molecule has 4 heterocycles. The van der Waals surface area contributed by atoms with Crippen molar-refractivity contribution in [3.63, 3.8) is 0 Å². The first kappa shape index (κ1) is 25.2. The van der Waals surface area contributed by atoms with Gasteiger partial charge >= 0.3 is 0 Å². The number of aromatic nitrogens is 4. The lowest BCUT2D eigenvalue weighted by Gasteiger charge is -2.34. The first-order valence-corrected chi connectivity index (χ1v) is 13.1. The Balaban J connectivity index is 1.45. The maximum atomic E-state index is 15.5. The van der Waals surface area contributed by atoms with Crippen LogP contribution in [0, 0.1) is 5.82 Å². The molecule has 3 aromatic heterocycles. The molecule has 0 unspecified atom stereocenters. The summed E-state index contributed by atoms with van der Waals surface area (Å²) >= 11 is 5.99. The Morgan fingerprint density at radius 1 is 1.03 bits per heavy atom. The maximum absolute atomic E-state index is 15.5. The van der Waals surface area contributed by atoms with Crippen LogP contribution in [-0.4, -0.2) is 57.8 Å². The smallest absolute Gasteiger partial charge is 0.231 e. The number of pyridine rings is 2. The fourth-order valence-corrected chi connectivity index (χ4v) is 4.99. The molecule has 8 nitrogen and oxygen atoms in total. The zero-order valence-corrected chi connectivity index (χ0v) is 22.1. The molecule has 1 saturated heterocycles. The van der Waals surface area contributed by atoms with Crippen molar-refractivity contribution in [3.8, 4) is 11.4 Å². The van der Waals surface area contributed by atoms with Crippen LogP contribution < -0.4 is 10.3 Å². The van der Waals surface area contributed by atoms with Gasteiger partial charge in [-0.05, 0) is 36.4 Å². The van der Waals surface area contributed by atoms with E-state index in [1.807, 2.05) is 45.9 Å². The molecule has 10 heteroatoms. The van der Waals surface area contributed by atoms with Crippen LogP contribution in [0.1, 0.15) is 17.0 Å². The number of halogens is 2. The minimum absolute atomic E-state index is 0.166. The number of piperazine rings is 1. The molecule has 0 bridgehead atoms. The van der Waals surface area contributed by atoms with Crippen molar-refractivity contribution in [3.05, 3.63) is 105 Å². The van der Waals surface area contributed by atoms with Crippen LogP contribution in [0.5, 0.6) is 0 Å². The topological polar surface area (TPSA) is 80.3 Å². The molecule has 0 N–H and O–H groups in total. The Morgan fingerprint density at radius 2 is 1.82 bits per heavy atom. The minimum atomic E-state index is -0.432. The molecule has 1 fully saturated rings. The highest BCUT2D eigenvalue weighted by Crippen LogP contribution is 2.28. The second-order valence-corrected chi connectivity index (χ2v) is 10.2. The van der Waals surface area contributed by atoms with Crippen LogP contribution >= 0.6 is 11.6 Å². The molecule has 1 aliphatic heterocycles. The average Bonchev–Trinajstić information content (AvgIpc) is 3.40. The SMILES string of the molecule is CN1CCN(c2cc3c(cc2F)c(=O)c(-c2noc(Cc4ccccc4)n2)cn3Cc2ccc(Cl)nc2)CC1. The molecule has 39 heavy (non-hydrogen) atoms. The molecule has 198 valence electrons. The van der Waals surface area contributed by atoms with E-state index in [0.717, 1.165) is 24.2 Å². The Hall–Kier alpha value is -4.08. The van der Waals surface area contributed by atoms with E-state index in [2.05, 4.69) is 27.1 Å². The van der Waals surface area contributed by atoms with Crippen LogP contribution in [0.3, 0.4) is 0 Å². The molecule has 0 saturated carbocycles. The van der Waals surface area contributed by atoms with Crippen molar-refractivity contribution in [2.24, 2.45) is 0 Å². The summed E-state index contributed by atoms with van der Waals surface area (Å²) in [5.74, 6) is 0.124. The average molecular weight is 545 g/mol. The summed E-state index contributed by atoms with van der Waals surface area (Å²) in [7, 11) is 2.05. The number of hydrogen-bond donors (Lipinski definition) is 0. The van der Waals surface area contributed by atoms with Gasteiger partial charge in [0.15, 0.2) is 0 Å². The van der Waals surface area contributed by atoms with Gasteiger partial charge in [-0.15, -0.1) is 0 Å². The molecule has 2 aromatic carbocycles. The van der Waals surface area contributed by atoms with Gasteiger partial charge in [0, 0.05) is 50.5 Å². The van der Waals surface area contributed by atoms with Gasteiger partial charge in [-0.1, -0.05) is 53.2 Å². The molecule has 0 aliphatic carbocycles. The van der Waals surface area contributed by atoms with Gasteiger partial charge in [-0.25, -0.2) is 9.37 Å². The van der Waals surface area contributed by atoms with Crippen LogP contribution in [-0.2, 0) is 13.0 Å². The van der Waals surface area contributed by atoms with Crippen molar-refractivity contribution < 1.29 is 8.91 Å². The zero-order chi connectivity index (χ0) is 26.9. The fourth-order valence-electron chi connectivity index (χ4n) is 4.88. The fraction of sp³-hybridized carbons (Fsp3) is 0.241. The van der Waals surface area contributed by atoms with E-state index in [1.165, 1.54) is 6.07 Å². The van der Waals surface area contributed by atoms with Gasteiger partial charge in [0.2, 0.25) is 17.1 Å². The summed E-state index contributed by atoms with van der Waals surface area (Å²) in [6, 6.07) is 16.4. The van der Waals surface area contributed by atoms with E-state index >= 15 is 4.39 Å². The van der Waals surface area contributed by atoms with E-state index in [1.54, 1.807) is 24.5 Å². The first-order valence-electron chi connectivity index (χ1n) is 12.7. The molecule has 6 rings (SSSR count). The standard InChI is InChI=1S/C29H26ClFN6O2/c1-35-9-11-36(12-10-35)25-15-24-21(14-23(25)31)28(38)22(18-37(24)17-20-7-8-26(30)32-16-20)29-33-27(39-34-29)13-19-5-3-2-4-6-19/h2-8,14-16,18H,9-13,17H2,1H3. The molecule has 0 spiro atoms. The van der Waals surface area contributed by atoms with Crippen molar-refractivity contribution in [2.45, 2.75) is 13.0 Å². The second kappa shape index (κ2) is 10.6. The van der Waals surface area contributed by atoms with Gasteiger partial charge in [-0.2, -0.15) is 4.98 Å². The monoisotopic (exact) mass is 544 g/mol. The van der Waals surface area contributed by atoms with Crippen LogP contribution in [0.25, 0.3) is 22.3 Å². The van der Waals surface area contributed by atoms with Crippen molar-refractivity contribution in [2.75, 3.05) is 38.1 Å². The molecule has 0 atom stereocenters. The lowest BCUT2D eigenvalue weighted by atomic mass is 10.1. The third-order valence-electron chi connectivity index (χ3n) is 7.04. The van der Waals surface area contributed by atoms with Crippen molar-refractivity contribution >= 4 is 28.2 Å². The molecule has 0 radical (unpaired) electrons. The quantitative estimate of drug-likeness (QED) is 0.288. The van der Waals surface area contributed by atoms with E-state index in [-0.39, 0.29) is 22.2 Å². The number of likely N-dealkylation sites (N-methyl/N-ethyl adjacent to an activating group) is 1. The third-order valence-corrected chi connectivity index (χ3v) is 7.27. The third kappa shape index (κ3) is 5.28. The number of hydrogen-bond acceptors (Lipinski definition) is 7. The normalized spacial score (nSPS) is 14.3. The summed E-state index contributed by atoms with van der Waals surface area (Å²) in [5, 5.41) is 4.73. The second-order valence-electron chi connectivity index (χ2n) is 9.77. The predicted molar refractivity (Wildman–Crippen MR) is 149 cm³/mol. The Labute approximate surface area is 229 Å². The van der Waals surface area contributed by atoms with Gasteiger partial charge in [0.25, 0.3) is 0 Å². The van der Waals surface area contributed by atoms with Gasteiger partial charge in [-0.3, -0.25) is 4.79 Å². The number of benzene rings is 2. The van der Waals surface area contributed by atoms with Crippen LogP contribution in [0.15, 0.2) is 76.3 Å². The van der Waals surface area contributed by atoms with Crippen molar-refractivity contribution in [1.82, 2.24) is 24.6 Å². The lowest BCUT2D eigenvalue weighted by Crippen LogP contribution is -2.44. The maximum Gasteiger partial charge on any atom is 0.231 e. The molecule has 5 aromatic rings. The van der Waals surface area contributed by atoms with E-state index in [9.17, 15) is 4.79 Å². The van der Waals surface area contributed by atoms with E-state index < -0.39 is 5.82 Å². The summed E-state index contributed by atoms with van der Waals surface area (Å²) in [6.45, 7) is 3.47. The highest BCUT2D eigenvalue weighted by molar-refractivity contribution is 6.29. The largest absolute Gasteiger partial charge is 0.367 e. The molecule has 0 amide bonds. The summed E-state index contributed by atoms with van der Waals surface area (Å²) in [6.07, 6.45) is 3.83. The molecular weight excluding hydrogens is 519 g/mol. The number of anilines is 1. The molecular formula is C29H26ClFN6O2. The molecule has 1 aliphatic rings. The Bertz CT molecular complexity index is 1680. The first-order chi connectivity index (χ1) is 18.9. The van der Waals surface area contributed by atoms with Gasteiger partial charge in [0.05, 0.1) is 23.2 Å². The Kier molecular flexibility index (Phi) is 6.85.